The van der Waals surface area contributed by atoms with Gasteiger partial charge in [0.1, 0.15) is 5.82 Å². The third-order valence-corrected chi connectivity index (χ3v) is 5.01. The van der Waals surface area contributed by atoms with E-state index < -0.39 is 0 Å². The van der Waals surface area contributed by atoms with Gasteiger partial charge in [0.05, 0.1) is 30.3 Å². The topological polar surface area (TPSA) is 65.7 Å². The molecule has 0 bridgehead atoms. The molecule has 2 aromatic carbocycles. The lowest BCUT2D eigenvalue weighted by Gasteiger charge is -2.11. The molecule has 158 valence electrons. The molecular weight excluding hydrogens is 446 g/mol. The van der Waals surface area contributed by atoms with Crippen LogP contribution in [0, 0.1) is 0 Å². The van der Waals surface area contributed by atoms with Crippen molar-refractivity contribution in [3.8, 4) is 11.5 Å². The summed E-state index contributed by atoms with van der Waals surface area (Å²) >= 11 is 3.43. The molecule has 30 heavy (non-hydrogen) atoms. The zero-order chi connectivity index (χ0) is 21.5. The number of fused-ring (bicyclic) bond motifs is 1. The quantitative estimate of drug-likeness (QED) is 0.403. The molecule has 0 N–H and O–H groups in total. The van der Waals surface area contributed by atoms with E-state index in [0.29, 0.717) is 47.9 Å². The molecule has 3 aromatic rings. The summed E-state index contributed by atoms with van der Waals surface area (Å²) in [5, 5.41) is 5.02. The van der Waals surface area contributed by atoms with E-state index in [4.69, 9.17) is 14.5 Å². The Morgan fingerprint density at radius 2 is 1.83 bits per heavy atom. The Bertz CT molecular complexity index is 1110. The average molecular weight is 472 g/mol. The molecule has 1 heterocycles. The van der Waals surface area contributed by atoms with Crippen LogP contribution in [0.3, 0.4) is 0 Å². The molecule has 0 fully saturated rings. The minimum absolute atomic E-state index is 0.181. The molecule has 0 aliphatic heterocycles. The maximum absolute atomic E-state index is 13.1. The molecule has 3 rings (SSSR count). The van der Waals surface area contributed by atoms with Crippen LogP contribution < -0.4 is 15.0 Å². The zero-order valence-corrected chi connectivity index (χ0v) is 19.1. The van der Waals surface area contributed by atoms with E-state index in [-0.39, 0.29) is 5.56 Å². The molecule has 0 saturated heterocycles. The van der Waals surface area contributed by atoms with Crippen molar-refractivity contribution in [1.29, 1.82) is 0 Å². The maximum Gasteiger partial charge on any atom is 0.282 e. The van der Waals surface area contributed by atoms with Crippen molar-refractivity contribution in [3.63, 3.8) is 0 Å². The highest BCUT2D eigenvalue weighted by atomic mass is 79.9. The minimum Gasteiger partial charge on any atom is -0.490 e. The van der Waals surface area contributed by atoms with Crippen molar-refractivity contribution >= 4 is 33.0 Å². The number of benzene rings is 2. The van der Waals surface area contributed by atoms with E-state index in [1.54, 1.807) is 12.3 Å². The van der Waals surface area contributed by atoms with Gasteiger partial charge in [-0.1, -0.05) is 29.3 Å². The molecule has 0 unspecified atom stereocenters. The fraction of sp³-hybridized carbons (Fsp3) is 0.348. The van der Waals surface area contributed by atoms with Crippen LogP contribution in [-0.2, 0) is 6.42 Å². The molecule has 0 spiro atoms. The third kappa shape index (κ3) is 5.08. The van der Waals surface area contributed by atoms with E-state index in [1.807, 2.05) is 44.2 Å². The number of nitrogens with zero attached hydrogens (tertiary/aromatic N) is 3. The van der Waals surface area contributed by atoms with E-state index in [1.165, 1.54) is 4.68 Å². The molecule has 6 nitrogen and oxygen atoms in total. The Labute approximate surface area is 184 Å². The van der Waals surface area contributed by atoms with Crippen molar-refractivity contribution in [2.45, 2.75) is 40.0 Å². The molecule has 0 atom stereocenters. The Morgan fingerprint density at radius 3 is 2.57 bits per heavy atom. The van der Waals surface area contributed by atoms with Gasteiger partial charge >= 0.3 is 0 Å². The van der Waals surface area contributed by atoms with Crippen LogP contribution in [0.15, 0.2) is 50.8 Å². The summed E-state index contributed by atoms with van der Waals surface area (Å²) in [6.07, 6.45) is 4.28. The Balaban J connectivity index is 2.05. The van der Waals surface area contributed by atoms with Crippen molar-refractivity contribution in [2.75, 3.05) is 13.2 Å². The molecule has 0 amide bonds. The Kier molecular flexibility index (Phi) is 7.63. The van der Waals surface area contributed by atoms with E-state index >= 15 is 0 Å². The standard InChI is InChI=1S/C23H26BrN3O3/c1-4-7-8-22-26-19-11-10-17(24)14-18(19)23(28)27(22)25-15-16-9-12-20(29-5-2)21(13-16)30-6-3/h9-15H,4-8H2,1-3H3. The van der Waals surface area contributed by atoms with Crippen LogP contribution >= 0.6 is 15.9 Å². The van der Waals surface area contributed by atoms with Crippen molar-refractivity contribution in [2.24, 2.45) is 5.10 Å². The normalized spacial score (nSPS) is 11.3. The molecule has 0 aliphatic carbocycles. The first kappa shape index (κ1) is 22.0. The first-order valence-corrected chi connectivity index (χ1v) is 11.0. The third-order valence-electron chi connectivity index (χ3n) is 4.52. The van der Waals surface area contributed by atoms with Crippen LogP contribution in [0.25, 0.3) is 10.9 Å². The zero-order valence-electron chi connectivity index (χ0n) is 17.5. The van der Waals surface area contributed by atoms with Gasteiger partial charge in [-0.25, -0.2) is 4.98 Å². The first-order valence-electron chi connectivity index (χ1n) is 10.2. The molecular formula is C23H26BrN3O3. The van der Waals surface area contributed by atoms with Gasteiger partial charge in [0.25, 0.3) is 5.56 Å². The molecule has 1 aromatic heterocycles. The SMILES string of the molecule is CCCCc1nc2ccc(Br)cc2c(=O)n1N=Cc1ccc(OCC)c(OCC)c1. The van der Waals surface area contributed by atoms with Gasteiger partial charge in [-0.3, -0.25) is 4.79 Å². The number of unbranched alkanes of at least 4 members (excludes halogenated alkanes) is 1. The van der Waals surface area contributed by atoms with Crippen LogP contribution in [0.1, 0.15) is 45.0 Å². The highest BCUT2D eigenvalue weighted by Gasteiger charge is 2.11. The summed E-state index contributed by atoms with van der Waals surface area (Å²) in [6, 6.07) is 11.1. The van der Waals surface area contributed by atoms with Gasteiger partial charge in [-0.2, -0.15) is 9.78 Å². The van der Waals surface area contributed by atoms with Crippen molar-refractivity contribution in [3.05, 3.63) is 62.6 Å². The number of halogens is 1. The molecule has 0 saturated carbocycles. The average Bonchev–Trinajstić information content (AvgIpc) is 2.74. The highest BCUT2D eigenvalue weighted by molar-refractivity contribution is 9.10. The number of hydrogen-bond acceptors (Lipinski definition) is 5. The Hall–Kier alpha value is -2.67. The van der Waals surface area contributed by atoms with Crippen LogP contribution in [0.4, 0.5) is 0 Å². The summed E-state index contributed by atoms with van der Waals surface area (Å²) in [5.74, 6) is 2.00. The number of hydrogen-bond donors (Lipinski definition) is 0. The second-order valence-electron chi connectivity index (χ2n) is 6.73. The van der Waals surface area contributed by atoms with Crippen molar-refractivity contribution in [1.82, 2.24) is 9.66 Å². The summed E-state index contributed by atoms with van der Waals surface area (Å²) < 4.78 is 13.5. The van der Waals surface area contributed by atoms with Crippen LogP contribution in [0.5, 0.6) is 11.5 Å². The van der Waals surface area contributed by atoms with Gasteiger partial charge in [0.2, 0.25) is 0 Å². The van der Waals surface area contributed by atoms with Gasteiger partial charge < -0.3 is 9.47 Å². The second kappa shape index (κ2) is 10.4. The highest BCUT2D eigenvalue weighted by Crippen LogP contribution is 2.28. The Morgan fingerprint density at radius 1 is 1.07 bits per heavy atom. The smallest absolute Gasteiger partial charge is 0.282 e. The van der Waals surface area contributed by atoms with Gasteiger partial charge in [-0.15, -0.1) is 0 Å². The monoisotopic (exact) mass is 471 g/mol. The predicted molar refractivity (Wildman–Crippen MR) is 124 cm³/mol. The van der Waals surface area contributed by atoms with Gasteiger partial charge in [0, 0.05) is 10.9 Å². The van der Waals surface area contributed by atoms with E-state index in [9.17, 15) is 4.79 Å². The fourth-order valence-electron chi connectivity index (χ4n) is 3.08. The predicted octanol–water partition coefficient (Wildman–Crippen LogP) is 5.18. The fourth-order valence-corrected chi connectivity index (χ4v) is 3.44. The second-order valence-corrected chi connectivity index (χ2v) is 7.64. The lowest BCUT2D eigenvalue weighted by molar-refractivity contribution is 0.288. The van der Waals surface area contributed by atoms with Crippen LogP contribution in [-0.4, -0.2) is 29.1 Å². The van der Waals surface area contributed by atoms with Gasteiger partial charge in [0.15, 0.2) is 11.5 Å². The number of ether oxygens (including phenoxy) is 2. The lowest BCUT2D eigenvalue weighted by atomic mass is 10.2. The van der Waals surface area contributed by atoms with E-state index in [0.717, 1.165) is 22.9 Å². The minimum atomic E-state index is -0.181. The largest absolute Gasteiger partial charge is 0.490 e. The molecule has 0 radical (unpaired) electrons. The summed E-state index contributed by atoms with van der Waals surface area (Å²) in [7, 11) is 0. The summed E-state index contributed by atoms with van der Waals surface area (Å²) in [6.45, 7) is 7.06. The van der Waals surface area contributed by atoms with Crippen LogP contribution in [0.2, 0.25) is 0 Å². The number of aromatic nitrogens is 2. The summed E-state index contributed by atoms with van der Waals surface area (Å²) in [5.41, 5.74) is 1.31. The lowest BCUT2D eigenvalue weighted by Crippen LogP contribution is -2.22. The summed E-state index contributed by atoms with van der Waals surface area (Å²) in [4.78, 5) is 17.8. The molecule has 7 heteroatoms. The maximum atomic E-state index is 13.1. The van der Waals surface area contributed by atoms with Crippen molar-refractivity contribution < 1.29 is 9.47 Å². The first-order chi connectivity index (χ1) is 14.6. The van der Waals surface area contributed by atoms with Gasteiger partial charge in [-0.05, 0) is 62.2 Å². The van der Waals surface area contributed by atoms with E-state index in [2.05, 4.69) is 28.0 Å². The number of aryl methyl sites for hydroxylation is 1. The number of rotatable bonds is 9. The molecule has 0 aliphatic rings.